The van der Waals surface area contributed by atoms with Crippen molar-refractivity contribution in [2.45, 2.75) is 94.8 Å². The molecule has 2 saturated carbocycles. The fourth-order valence-corrected chi connectivity index (χ4v) is 8.08. The van der Waals surface area contributed by atoms with E-state index >= 15 is 0 Å². The molecule has 1 aromatic carbocycles. The SMILES string of the molecule is N#CC(=NOCC(=O)O)c1nc2ccccc2n(C2C[C@H]3CCC[C@@H](C2)N3C2C[C@H]3CCC[C@@H](C2)C3)c1=O. The van der Waals surface area contributed by atoms with E-state index in [2.05, 4.69) is 15.0 Å². The van der Waals surface area contributed by atoms with E-state index in [-0.39, 0.29) is 23.0 Å². The summed E-state index contributed by atoms with van der Waals surface area (Å²) in [6.45, 7) is -0.697. The van der Waals surface area contributed by atoms with Gasteiger partial charge in [-0.3, -0.25) is 9.69 Å². The molecule has 9 heteroatoms. The summed E-state index contributed by atoms with van der Waals surface area (Å²) in [5.74, 6) is 0.550. The number of hydrogen-bond donors (Lipinski definition) is 1. The summed E-state index contributed by atoms with van der Waals surface area (Å²) >= 11 is 0. The molecule has 1 aromatic heterocycles. The van der Waals surface area contributed by atoms with E-state index in [0.717, 1.165) is 43.0 Å². The summed E-state index contributed by atoms with van der Waals surface area (Å²) in [6, 6.07) is 11.0. The predicted octanol–water partition coefficient (Wildman–Crippen LogP) is 4.25. The summed E-state index contributed by atoms with van der Waals surface area (Å²) in [5, 5.41) is 22.2. The van der Waals surface area contributed by atoms with Gasteiger partial charge in [-0.15, -0.1) is 0 Å². The van der Waals surface area contributed by atoms with Crippen molar-refractivity contribution >= 4 is 22.7 Å². The Morgan fingerprint density at radius 2 is 1.68 bits per heavy atom. The summed E-state index contributed by atoms with van der Waals surface area (Å²) in [6.07, 6.45) is 13.6. The van der Waals surface area contributed by atoms with Crippen molar-refractivity contribution in [3.05, 3.63) is 40.3 Å². The average Bonchev–Trinajstić information content (AvgIpc) is 2.90. The number of nitrogens with zero attached hydrogens (tertiary/aromatic N) is 5. The Balaban J connectivity index is 1.34. The van der Waals surface area contributed by atoms with E-state index in [1.165, 1.54) is 44.9 Å². The minimum absolute atomic E-state index is 0.00340. The highest BCUT2D eigenvalue weighted by Gasteiger charge is 2.45. The minimum atomic E-state index is -1.21. The van der Waals surface area contributed by atoms with Gasteiger partial charge in [0.15, 0.2) is 5.69 Å². The third-order valence-electron chi connectivity index (χ3n) is 9.36. The molecule has 0 radical (unpaired) electrons. The van der Waals surface area contributed by atoms with Gasteiger partial charge < -0.3 is 14.5 Å². The van der Waals surface area contributed by atoms with Gasteiger partial charge in [0.25, 0.3) is 5.56 Å². The van der Waals surface area contributed by atoms with Crippen LogP contribution in [0, 0.1) is 23.2 Å². The first kappa shape index (κ1) is 25.1. The van der Waals surface area contributed by atoms with Crippen LogP contribution < -0.4 is 5.56 Å². The first-order valence-electron chi connectivity index (χ1n) is 14.1. The maximum absolute atomic E-state index is 13.9. The number of oxime groups is 1. The van der Waals surface area contributed by atoms with Gasteiger partial charge in [0, 0.05) is 24.2 Å². The van der Waals surface area contributed by atoms with Gasteiger partial charge in [-0.05, 0) is 68.9 Å². The van der Waals surface area contributed by atoms with Crippen LogP contribution in [0.25, 0.3) is 11.0 Å². The van der Waals surface area contributed by atoms with Crippen LogP contribution in [-0.2, 0) is 9.63 Å². The summed E-state index contributed by atoms with van der Waals surface area (Å²) in [4.78, 5) is 36.9. The summed E-state index contributed by atoms with van der Waals surface area (Å²) in [7, 11) is 0. The number of piperidine rings is 2. The minimum Gasteiger partial charge on any atom is -0.479 e. The van der Waals surface area contributed by atoms with E-state index < -0.39 is 12.6 Å². The molecule has 200 valence electrons. The van der Waals surface area contributed by atoms with E-state index in [1.54, 1.807) is 0 Å². The normalized spacial score (nSPS) is 31.5. The first-order chi connectivity index (χ1) is 18.5. The number of carboxylic acid groups (broad SMARTS) is 1. The number of carbonyl (C=O) groups is 1. The third kappa shape index (κ3) is 4.71. The zero-order valence-corrected chi connectivity index (χ0v) is 21.7. The number of para-hydroxylation sites is 2. The largest absolute Gasteiger partial charge is 0.479 e. The zero-order chi connectivity index (χ0) is 26.2. The van der Waals surface area contributed by atoms with Crippen LogP contribution in [0.2, 0.25) is 0 Å². The molecule has 4 fully saturated rings. The van der Waals surface area contributed by atoms with E-state index in [9.17, 15) is 14.9 Å². The van der Waals surface area contributed by atoms with Crippen molar-refractivity contribution < 1.29 is 14.7 Å². The monoisotopic (exact) mass is 517 g/mol. The molecule has 0 amide bonds. The van der Waals surface area contributed by atoms with E-state index in [0.29, 0.717) is 23.6 Å². The number of benzene rings is 1. The Bertz CT molecular complexity index is 1320. The predicted molar refractivity (Wildman–Crippen MR) is 142 cm³/mol. The maximum Gasteiger partial charge on any atom is 0.344 e. The Kier molecular flexibility index (Phi) is 6.91. The van der Waals surface area contributed by atoms with Crippen molar-refractivity contribution in [3.8, 4) is 6.07 Å². The Labute approximate surface area is 222 Å². The molecule has 38 heavy (non-hydrogen) atoms. The molecule has 4 aliphatic rings. The fourth-order valence-electron chi connectivity index (χ4n) is 8.08. The Hall–Kier alpha value is -3.25. The molecular weight excluding hydrogens is 482 g/mol. The number of nitriles is 1. The van der Waals surface area contributed by atoms with Crippen LogP contribution in [-0.4, -0.2) is 56.0 Å². The van der Waals surface area contributed by atoms with Gasteiger partial charge in [-0.2, -0.15) is 5.26 Å². The topological polar surface area (TPSA) is 121 Å². The number of carboxylic acids is 1. The Morgan fingerprint density at radius 1 is 1.00 bits per heavy atom. The first-order valence-corrected chi connectivity index (χ1v) is 14.1. The third-order valence-corrected chi connectivity index (χ3v) is 9.36. The number of fused-ring (bicyclic) bond motifs is 5. The van der Waals surface area contributed by atoms with E-state index in [1.807, 2.05) is 34.9 Å². The number of aromatic nitrogens is 2. The molecule has 2 aliphatic carbocycles. The van der Waals surface area contributed by atoms with Gasteiger partial charge in [-0.25, -0.2) is 9.78 Å². The van der Waals surface area contributed by atoms with E-state index in [4.69, 9.17) is 9.94 Å². The smallest absolute Gasteiger partial charge is 0.344 e. The van der Waals surface area contributed by atoms with Crippen molar-refractivity contribution in [1.82, 2.24) is 14.5 Å². The van der Waals surface area contributed by atoms with Gasteiger partial charge in [0.05, 0.1) is 11.0 Å². The second kappa shape index (κ2) is 10.5. The van der Waals surface area contributed by atoms with Crippen LogP contribution in [0.3, 0.4) is 0 Å². The molecule has 0 spiro atoms. The van der Waals surface area contributed by atoms with Crippen molar-refractivity contribution in [2.24, 2.45) is 17.0 Å². The molecule has 2 unspecified atom stereocenters. The van der Waals surface area contributed by atoms with Crippen LogP contribution in [0.15, 0.2) is 34.2 Å². The molecule has 2 saturated heterocycles. The number of aliphatic carboxylic acids is 1. The quantitative estimate of drug-likeness (QED) is 0.449. The van der Waals surface area contributed by atoms with Gasteiger partial charge in [-0.1, -0.05) is 43.0 Å². The van der Waals surface area contributed by atoms with Gasteiger partial charge in [0.2, 0.25) is 12.3 Å². The molecule has 4 bridgehead atoms. The molecule has 1 N–H and O–H groups in total. The van der Waals surface area contributed by atoms with Gasteiger partial charge in [0.1, 0.15) is 6.07 Å². The fraction of sp³-hybridized carbons (Fsp3) is 0.621. The van der Waals surface area contributed by atoms with Crippen LogP contribution in [0.5, 0.6) is 0 Å². The molecular formula is C29H35N5O4. The molecule has 2 aromatic rings. The lowest BCUT2D eigenvalue weighted by molar-refractivity contribution is -0.142. The highest BCUT2D eigenvalue weighted by atomic mass is 16.6. The second-order valence-electron chi connectivity index (χ2n) is 11.7. The van der Waals surface area contributed by atoms with Crippen molar-refractivity contribution in [1.29, 1.82) is 5.26 Å². The Morgan fingerprint density at radius 3 is 2.37 bits per heavy atom. The lowest BCUT2D eigenvalue weighted by atomic mass is 9.68. The van der Waals surface area contributed by atoms with Crippen molar-refractivity contribution in [2.75, 3.05) is 6.61 Å². The molecule has 2 aliphatic heterocycles. The number of hydrogen-bond acceptors (Lipinski definition) is 7. The average molecular weight is 518 g/mol. The lowest BCUT2D eigenvalue weighted by Crippen LogP contribution is -2.58. The van der Waals surface area contributed by atoms with Gasteiger partial charge >= 0.3 is 5.97 Å². The van der Waals surface area contributed by atoms with Crippen LogP contribution in [0.4, 0.5) is 0 Å². The molecule has 9 nitrogen and oxygen atoms in total. The van der Waals surface area contributed by atoms with Crippen LogP contribution in [0.1, 0.15) is 82.4 Å². The highest BCUT2D eigenvalue weighted by Crippen LogP contribution is 2.47. The molecule has 6 atom stereocenters. The lowest BCUT2D eigenvalue weighted by Gasteiger charge is -2.55. The molecule has 6 rings (SSSR count). The number of rotatable bonds is 6. The standard InChI is InChI=1S/C29H35N5O4/c30-16-25(32-38-17-27(35)36)28-29(37)34(26-10-2-1-9-24(26)31-28)23-14-20-7-4-8-21(15-23)33(20)22-12-18-5-3-6-19(11-18)13-22/h1-2,9-10,18-23H,3-8,11-15,17H2,(H,35,36)/t18-,19+,20-,21+,22?,23?. The van der Waals surface area contributed by atoms with Crippen LogP contribution >= 0.6 is 0 Å². The highest BCUT2D eigenvalue weighted by molar-refractivity contribution is 6.10. The van der Waals surface area contributed by atoms with Crippen molar-refractivity contribution in [3.63, 3.8) is 0 Å². The zero-order valence-electron chi connectivity index (χ0n) is 21.7. The maximum atomic E-state index is 13.9. The summed E-state index contributed by atoms with van der Waals surface area (Å²) < 4.78 is 1.83. The summed E-state index contributed by atoms with van der Waals surface area (Å²) in [5.41, 5.74) is 0.600. The second-order valence-corrected chi connectivity index (χ2v) is 11.7. The molecule has 3 heterocycles.